The number of anilines is 2. The molecule has 2 N–H and O–H groups in total. The van der Waals surface area contributed by atoms with Gasteiger partial charge in [-0.15, -0.1) is 0 Å². The monoisotopic (exact) mass is 254 g/mol. The molecular weight excluding hydrogens is 232 g/mol. The normalized spacial score (nSPS) is 12.3. The molecule has 2 heteroatoms. The van der Waals surface area contributed by atoms with Gasteiger partial charge in [0.15, 0.2) is 0 Å². The van der Waals surface area contributed by atoms with Crippen molar-refractivity contribution in [1.82, 2.24) is 0 Å². The van der Waals surface area contributed by atoms with Crippen LogP contribution in [0.15, 0.2) is 42.5 Å². The minimum Gasteiger partial charge on any atom is -0.345 e. The predicted octanol–water partition coefficient (Wildman–Crippen LogP) is 4.09. The smallest absolute Gasteiger partial charge is 0.0413 e. The maximum absolute atomic E-state index is 5.88. The summed E-state index contributed by atoms with van der Waals surface area (Å²) in [6, 6.07) is 15.1. The summed E-state index contributed by atoms with van der Waals surface area (Å²) in [4.78, 5) is 2.20. The first-order valence-corrected chi connectivity index (χ1v) is 6.65. The van der Waals surface area contributed by atoms with Crippen LogP contribution in [0.2, 0.25) is 0 Å². The van der Waals surface area contributed by atoms with Gasteiger partial charge >= 0.3 is 0 Å². The first kappa shape index (κ1) is 13.6. The van der Waals surface area contributed by atoms with Gasteiger partial charge in [0.1, 0.15) is 0 Å². The lowest BCUT2D eigenvalue weighted by Crippen LogP contribution is -2.10. The van der Waals surface area contributed by atoms with Crippen LogP contribution in [0.4, 0.5) is 11.4 Å². The molecule has 0 amide bonds. The molecule has 0 heterocycles. The molecule has 0 spiro atoms. The first-order valence-electron chi connectivity index (χ1n) is 6.65. The van der Waals surface area contributed by atoms with Gasteiger partial charge in [-0.3, -0.25) is 0 Å². The van der Waals surface area contributed by atoms with Crippen molar-refractivity contribution in [2.24, 2.45) is 5.73 Å². The number of benzene rings is 2. The molecule has 2 nitrogen and oxygen atoms in total. The standard InChI is InChI=1S/C17H22N2/c1-12-9-13(2)11-17(10-12)19(4)16-7-5-15(6-8-16)14(3)18/h5-11,14H,18H2,1-4H3. The van der Waals surface area contributed by atoms with E-state index in [0.29, 0.717) is 0 Å². The maximum Gasteiger partial charge on any atom is 0.0413 e. The second-order valence-corrected chi connectivity index (χ2v) is 5.29. The number of nitrogens with two attached hydrogens (primary N) is 1. The highest BCUT2D eigenvalue weighted by molar-refractivity contribution is 5.64. The lowest BCUT2D eigenvalue weighted by atomic mass is 10.1. The summed E-state index contributed by atoms with van der Waals surface area (Å²) in [6.45, 7) is 6.26. The summed E-state index contributed by atoms with van der Waals surface area (Å²) >= 11 is 0. The van der Waals surface area contributed by atoms with Crippen molar-refractivity contribution in [2.45, 2.75) is 26.8 Å². The minimum atomic E-state index is 0.0839. The molecule has 0 aliphatic carbocycles. The van der Waals surface area contributed by atoms with Gasteiger partial charge in [0.2, 0.25) is 0 Å². The second kappa shape index (κ2) is 5.45. The van der Waals surface area contributed by atoms with Crippen LogP contribution in [-0.4, -0.2) is 7.05 Å². The Labute approximate surface area is 115 Å². The van der Waals surface area contributed by atoms with Gasteiger partial charge in [0, 0.05) is 24.5 Å². The van der Waals surface area contributed by atoms with Crippen molar-refractivity contribution in [1.29, 1.82) is 0 Å². The maximum atomic E-state index is 5.88. The van der Waals surface area contributed by atoms with E-state index in [4.69, 9.17) is 5.73 Å². The Morgan fingerprint density at radius 2 is 1.42 bits per heavy atom. The van der Waals surface area contributed by atoms with E-state index in [0.717, 1.165) is 5.56 Å². The third kappa shape index (κ3) is 3.15. The number of nitrogens with zero attached hydrogens (tertiary/aromatic N) is 1. The average Bonchev–Trinajstić information content (AvgIpc) is 2.37. The number of rotatable bonds is 3. The Hall–Kier alpha value is -1.80. The van der Waals surface area contributed by atoms with Crippen LogP contribution in [0.3, 0.4) is 0 Å². The quantitative estimate of drug-likeness (QED) is 0.893. The zero-order chi connectivity index (χ0) is 14.0. The van der Waals surface area contributed by atoms with Crippen LogP contribution in [0.25, 0.3) is 0 Å². The summed E-state index contributed by atoms with van der Waals surface area (Å²) < 4.78 is 0. The molecule has 1 atom stereocenters. The topological polar surface area (TPSA) is 29.3 Å². The third-order valence-corrected chi connectivity index (χ3v) is 3.40. The second-order valence-electron chi connectivity index (χ2n) is 5.29. The molecule has 0 aliphatic heterocycles. The van der Waals surface area contributed by atoms with E-state index in [-0.39, 0.29) is 6.04 Å². The van der Waals surface area contributed by atoms with Crippen LogP contribution >= 0.6 is 0 Å². The summed E-state index contributed by atoms with van der Waals surface area (Å²) in [5.41, 5.74) is 12.0. The molecule has 0 saturated carbocycles. The molecule has 2 rings (SSSR count). The zero-order valence-electron chi connectivity index (χ0n) is 12.1. The lowest BCUT2D eigenvalue weighted by molar-refractivity contribution is 0.818. The van der Waals surface area contributed by atoms with E-state index in [9.17, 15) is 0 Å². The fraction of sp³-hybridized carbons (Fsp3) is 0.294. The van der Waals surface area contributed by atoms with E-state index in [2.05, 4.69) is 68.3 Å². The summed E-state index contributed by atoms with van der Waals surface area (Å²) in [5.74, 6) is 0. The zero-order valence-corrected chi connectivity index (χ0v) is 12.1. The molecule has 0 aromatic heterocycles. The van der Waals surface area contributed by atoms with Gasteiger partial charge in [-0.25, -0.2) is 0 Å². The highest BCUT2D eigenvalue weighted by Gasteiger charge is 2.06. The lowest BCUT2D eigenvalue weighted by Gasteiger charge is -2.21. The van der Waals surface area contributed by atoms with Crippen LogP contribution in [0.1, 0.15) is 29.7 Å². The van der Waals surface area contributed by atoms with Crippen molar-refractivity contribution >= 4 is 11.4 Å². The molecule has 0 fully saturated rings. The van der Waals surface area contributed by atoms with Crippen molar-refractivity contribution in [3.05, 3.63) is 59.2 Å². The number of hydrogen-bond donors (Lipinski definition) is 1. The molecule has 19 heavy (non-hydrogen) atoms. The van der Waals surface area contributed by atoms with Gasteiger partial charge in [0.05, 0.1) is 0 Å². The van der Waals surface area contributed by atoms with Crippen molar-refractivity contribution in [3.63, 3.8) is 0 Å². The molecule has 1 unspecified atom stereocenters. The molecular formula is C17H22N2. The summed E-state index contributed by atoms with van der Waals surface area (Å²) in [7, 11) is 2.09. The third-order valence-electron chi connectivity index (χ3n) is 3.40. The molecule has 0 bridgehead atoms. The Morgan fingerprint density at radius 1 is 0.895 bits per heavy atom. The van der Waals surface area contributed by atoms with Gasteiger partial charge < -0.3 is 10.6 Å². The fourth-order valence-electron chi connectivity index (χ4n) is 2.29. The van der Waals surface area contributed by atoms with Crippen molar-refractivity contribution in [2.75, 3.05) is 11.9 Å². The van der Waals surface area contributed by atoms with Crippen LogP contribution < -0.4 is 10.6 Å². The number of aryl methyl sites for hydroxylation is 2. The molecule has 100 valence electrons. The molecule has 0 radical (unpaired) electrons. The van der Waals surface area contributed by atoms with E-state index < -0.39 is 0 Å². The van der Waals surface area contributed by atoms with E-state index in [1.54, 1.807) is 0 Å². The Balaban J connectivity index is 2.30. The highest BCUT2D eigenvalue weighted by Crippen LogP contribution is 2.26. The fourth-order valence-corrected chi connectivity index (χ4v) is 2.29. The molecule has 0 aliphatic rings. The Morgan fingerprint density at radius 3 is 1.89 bits per heavy atom. The van der Waals surface area contributed by atoms with E-state index >= 15 is 0 Å². The summed E-state index contributed by atoms with van der Waals surface area (Å²) in [6.07, 6.45) is 0. The van der Waals surface area contributed by atoms with Crippen molar-refractivity contribution in [3.8, 4) is 0 Å². The minimum absolute atomic E-state index is 0.0839. The van der Waals surface area contributed by atoms with Crippen LogP contribution in [-0.2, 0) is 0 Å². The van der Waals surface area contributed by atoms with Gasteiger partial charge in [-0.05, 0) is 61.7 Å². The molecule has 2 aromatic rings. The number of hydrogen-bond acceptors (Lipinski definition) is 2. The largest absolute Gasteiger partial charge is 0.345 e. The predicted molar refractivity (Wildman–Crippen MR) is 83.0 cm³/mol. The van der Waals surface area contributed by atoms with E-state index in [1.807, 2.05) is 6.92 Å². The Kier molecular flexibility index (Phi) is 3.91. The van der Waals surface area contributed by atoms with Crippen LogP contribution in [0, 0.1) is 13.8 Å². The SMILES string of the molecule is Cc1cc(C)cc(N(C)c2ccc(C(C)N)cc2)c1. The van der Waals surface area contributed by atoms with E-state index in [1.165, 1.54) is 22.5 Å². The average molecular weight is 254 g/mol. The summed E-state index contributed by atoms with van der Waals surface area (Å²) in [5, 5.41) is 0. The van der Waals surface area contributed by atoms with Gasteiger partial charge in [-0.1, -0.05) is 18.2 Å². The van der Waals surface area contributed by atoms with Gasteiger partial charge in [-0.2, -0.15) is 0 Å². The Bertz CT molecular complexity index is 536. The van der Waals surface area contributed by atoms with Crippen LogP contribution in [0.5, 0.6) is 0 Å². The highest BCUT2D eigenvalue weighted by atomic mass is 15.1. The van der Waals surface area contributed by atoms with Crippen molar-refractivity contribution < 1.29 is 0 Å². The first-order chi connectivity index (χ1) is 8.97. The van der Waals surface area contributed by atoms with Gasteiger partial charge in [0.25, 0.3) is 0 Å². The molecule has 2 aromatic carbocycles. The molecule has 0 saturated heterocycles.